The Bertz CT molecular complexity index is 506. The number of nitrogens with two attached hydrogens (primary N) is 1. The molecule has 1 unspecified atom stereocenters. The predicted octanol–water partition coefficient (Wildman–Crippen LogP) is 3.20. The SMILES string of the molecule is CCCC1CCN(C(=O)c2sc(NC(C)(C)C)nc2N)C1. The summed E-state index contributed by atoms with van der Waals surface area (Å²) in [5.74, 6) is 1.02. The highest BCUT2D eigenvalue weighted by Gasteiger charge is 2.29. The van der Waals surface area contributed by atoms with Crippen LogP contribution < -0.4 is 11.1 Å². The van der Waals surface area contributed by atoms with Gasteiger partial charge in [0.25, 0.3) is 5.91 Å². The molecule has 0 radical (unpaired) electrons. The molecular weight excluding hydrogens is 284 g/mol. The van der Waals surface area contributed by atoms with Crippen LogP contribution in [-0.4, -0.2) is 34.4 Å². The summed E-state index contributed by atoms with van der Waals surface area (Å²) in [6.07, 6.45) is 3.47. The molecule has 1 aliphatic rings. The Hall–Kier alpha value is -1.30. The molecule has 0 aliphatic carbocycles. The quantitative estimate of drug-likeness (QED) is 0.896. The molecule has 1 atom stereocenters. The number of rotatable bonds is 4. The summed E-state index contributed by atoms with van der Waals surface area (Å²) in [6.45, 7) is 10.1. The summed E-state index contributed by atoms with van der Waals surface area (Å²) in [5, 5.41) is 3.99. The third-order valence-electron chi connectivity index (χ3n) is 3.60. The molecule has 2 heterocycles. The number of hydrogen-bond donors (Lipinski definition) is 2. The van der Waals surface area contributed by atoms with Gasteiger partial charge in [0.2, 0.25) is 0 Å². The van der Waals surface area contributed by atoms with Crippen LogP contribution in [0.2, 0.25) is 0 Å². The highest BCUT2D eigenvalue weighted by molar-refractivity contribution is 7.18. The van der Waals surface area contributed by atoms with Gasteiger partial charge in [0.15, 0.2) is 5.13 Å². The van der Waals surface area contributed by atoms with E-state index in [1.807, 2.05) is 4.90 Å². The number of aromatic nitrogens is 1. The Labute approximate surface area is 130 Å². The van der Waals surface area contributed by atoms with Crippen LogP contribution >= 0.6 is 11.3 Å². The van der Waals surface area contributed by atoms with Crippen molar-refractivity contribution < 1.29 is 4.79 Å². The van der Waals surface area contributed by atoms with E-state index in [4.69, 9.17) is 5.73 Å². The van der Waals surface area contributed by atoms with Gasteiger partial charge in [-0.3, -0.25) is 4.79 Å². The minimum absolute atomic E-state index is 0.0329. The van der Waals surface area contributed by atoms with E-state index < -0.39 is 0 Å². The van der Waals surface area contributed by atoms with Gasteiger partial charge in [-0.05, 0) is 39.5 Å². The number of thiazole rings is 1. The maximum Gasteiger partial charge on any atom is 0.267 e. The molecule has 21 heavy (non-hydrogen) atoms. The van der Waals surface area contributed by atoms with E-state index in [-0.39, 0.29) is 11.4 Å². The summed E-state index contributed by atoms with van der Waals surface area (Å²) in [6, 6.07) is 0. The first-order valence-electron chi connectivity index (χ1n) is 7.64. The molecule has 3 N–H and O–H groups in total. The summed E-state index contributed by atoms with van der Waals surface area (Å²) < 4.78 is 0. The number of anilines is 2. The van der Waals surface area contributed by atoms with Crippen molar-refractivity contribution in [1.29, 1.82) is 0 Å². The number of likely N-dealkylation sites (tertiary alicyclic amines) is 1. The van der Waals surface area contributed by atoms with Gasteiger partial charge in [-0.1, -0.05) is 24.7 Å². The van der Waals surface area contributed by atoms with Gasteiger partial charge in [0.1, 0.15) is 10.7 Å². The molecular formula is C15H26N4OS. The van der Waals surface area contributed by atoms with Gasteiger partial charge in [-0.15, -0.1) is 0 Å². The minimum Gasteiger partial charge on any atom is -0.382 e. The number of nitrogen functional groups attached to an aromatic ring is 1. The highest BCUT2D eigenvalue weighted by Crippen LogP contribution is 2.30. The average Bonchev–Trinajstić information content (AvgIpc) is 2.94. The number of amides is 1. The summed E-state index contributed by atoms with van der Waals surface area (Å²) in [5.41, 5.74) is 5.84. The predicted molar refractivity (Wildman–Crippen MR) is 88.8 cm³/mol. The first kappa shape index (κ1) is 16.1. The van der Waals surface area contributed by atoms with Crippen molar-refractivity contribution in [3.63, 3.8) is 0 Å². The lowest BCUT2D eigenvalue weighted by Crippen LogP contribution is -2.28. The van der Waals surface area contributed by atoms with E-state index >= 15 is 0 Å². The molecule has 118 valence electrons. The molecule has 0 saturated carbocycles. The largest absolute Gasteiger partial charge is 0.382 e. The van der Waals surface area contributed by atoms with Crippen molar-refractivity contribution in [1.82, 2.24) is 9.88 Å². The number of hydrogen-bond acceptors (Lipinski definition) is 5. The molecule has 1 saturated heterocycles. The van der Waals surface area contributed by atoms with E-state index in [0.29, 0.717) is 21.7 Å². The second-order valence-electron chi connectivity index (χ2n) is 6.80. The fraction of sp³-hybridized carbons (Fsp3) is 0.733. The lowest BCUT2D eigenvalue weighted by molar-refractivity contribution is 0.0792. The first-order chi connectivity index (χ1) is 9.80. The first-order valence-corrected chi connectivity index (χ1v) is 8.45. The monoisotopic (exact) mass is 310 g/mol. The minimum atomic E-state index is -0.0928. The number of nitrogens with zero attached hydrogens (tertiary/aromatic N) is 2. The van der Waals surface area contributed by atoms with Crippen LogP contribution in [0.3, 0.4) is 0 Å². The molecule has 0 aromatic carbocycles. The Morgan fingerprint density at radius 3 is 2.86 bits per heavy atom. The fourth-order valence-electron chi connectivity index (χ4n) is 2.66. The Morgan fingerprint density at radius 1 is 1.52 bits per heavy atom. The molecule has 0 spiro atoms. The van der Waals surface area contributed by atoms with Crippen molar-refractivity contribution in [2.75, 3.05) is 24.1 Å². The molecule has 1 fully saturated rings. The summed E-state index contributed by atoms with van der Waals surface area (Å²) in [4.78, 5) is 19.4. The molecule has 5 nitrogen and oxygen atoms in total. The van der Waals surface area contributed by atoms with Crippen molar-refractivity contribution in [3.05, 3.63) is 4.88 Å². The second-order valence-corrected chi connectivity index (χ2v) is 7.80. The smallest absolute Gasteiger partial charge is 0.267 e. The van der Waals surface area contributed by atoms with Gasteiger partial charge in [0, 0.05) is 18.6 Å². The van der Waals surface area contributed by atoms with E-state index in [1.165, 1.54) is 24.2 Å². The summed E-state index contributed by atoms with van der Waals surface area (Å²) >= 11 is 1.36. The van der Waals surface area contributed by atoms with Gasteiger partial charge in [-0.2, -0.15) is 0 Å². The van der Waals surface area contributed by atoms with Crippen molar-refractivity contribution in [2.45, 2.75) is 52.5 Å². The van der Waals surface area contributed by atoms with E-state index in [1.54, 1.807) is 0 Å². The van der Waals surface area contributed by atoms with Gasteiger partial charge < -0.3 is 16.0 Å². The zero-order chi connectivity index (χ0) is 15.6. The summed E-state index contributed by atoms with van der Waals surface area (Å²) in [7, 11) is 0. The van der Waals surface area contributed by atoms with Crippen LogP contribution in [-0.2, 0) is 0 Å². The standard InChI is InChI=1S/C15H26N4OS/c1-5-6-10-7-8-19(9-10)13(20)11-12(16)17-14(21-11)18-15(2,3)4/h10H,5-9,16H2,1-4H3,(H,17,18). The van der Waals surface area contributed by atoms with Crippen LogP contribution in [0.4, 0.5) is 10.9 Å². The number of nitrogens with one attached hydrogen (secondary N) is 1. The Kier molecular flexibility index (Phi) is 4.76. The van der Waals surface area contributed by atoms with Crippen LogP contribution in [0.1, 0.15) is 56.6 Å². The normalized spacial score (nSPS) is 19.0. The maximum absolute atomic E-state index is 12.6. The van der Waals surface area contributed by atoms with Crippen molar-refractivity contribution in [2.24, 2.45) is 5.92 Å². The second kappa shape index (κ2) is 6.22. The maximum atomic E-state index is 12.6. The van der Waals surface area contributed by atoms with E-state index in [0.717, 1.165) is 19.5 Å². The lowest BCUT2D eigenvalue weighted by atomic mass is 10.0. The third kappa shape index (κ3) is 4.09. The average molecular weight is 310 g/mol. The van der Waals surface area contributed by atoms with Gasteiger partial charge in [0.05, 0.1) is 0 Å². The Balaban J connectivity index is 2.06. The van der Waals surface area contributed by atoms with Crippen molar-refractivity contribution >= 4 is 28.2 Å². The van der Waals surface area contributed by atoms with E-state index in [2.05, 4.69) is 38.0 Å². The number of carbonyl (C=O) groups is 1. The molecule has 0 bridgehead atoms. The lowest BCUT2D eigenvalue weighted by Gasteiger charge is -2.19. The molecule has 6 heteroatoms. The molecule has 2 rings (SSSR count). The van der Waals surface area contributed by atoms with Gasteiger partial charge in [-0.25, -0.2) is 4.98 Å². The van der Waals surface area contributed by atoms with Gasteiger partial charge >= 0.3 is 0 Å². The molecule has 1 amide bonds. The van der Waals surface area contributed by atoms with Crippen LogP contribution in [0.15, 0.2) is 0 Å². The van der Waals surface area contributed by atoms with Crippen LogP contribution in [0.25, 0.3) is 0 Å². The zero-order valence-electron chi connectivity index (χ0n) is 13.4. The topological polar surface area (TPSA) is 71.2 Å². The third-order valence-corrected chi connectivity index (χ3v) is 4.57. The van der Waals surface area contributed by atoms with E-state index in [9.17, 15) is 4.79 Å². The van der Waals surface area contributed by atoms with Crippen molar-refractivity contribution in [3.8, 4) is 0 Å². The zero-order valence-corrected chi connectivity index (χ0v) is 14.2. The Morgan fingerprint density at radius 2 is 2.24 bits per heavy atom. The number of carbonyl (C=O) groups excluding carboxylic acids is 1. The highest BCUT2D eigenvalue weighted by atomic mass is 32.1. The molecule has 1 aromatic rings. The fourth-order valence-corrected chi connectivity index (χ4v) is 3.73. The van der Waals surface area contributed by atoms with Crippen LogP contribution in [0, 0.1) is 5.92 Å². The molecule has 1 aliphatic heterocycles. The molecule has 1 aromatic heterocycles. The van der Waals surface area contributed by atoms with Crippen LogP contribution in [0.5, 0.6) is 0 Å².